The lowest BCUT2D eigenvalue weighted by molar-refractivity contribution is 0.0620. The molecule has 2 bridgehead atoms. The molecule has 1 atom stereocenters. The first kappa shape index (κ1) is 19.4. The molecule has 1 unspecified atom stereocenters. The van der Waals surface area contributed by atoms with Crippen molar-refractivity contribution in [2.75, 3.05) is 19.6 Å². The van der Waals surface area contributed by atoms with E-state index in [0.29, 0.717) is 27.4 Å². The number of nitrogens with zero attached hydrogens (tertiary/aromatic N) is 2. The Balaban J connectivity index is 1.38. The Kier molecular flexibility index (Phi) is 5.06. The molecule has 3 fully saturated rings. The number of halogens is 3. The highest BCUT2D eigenvalue weighted by Crippen LogP contribution is 2.32. The lowest BCUT2D eigenvalue weighted by Gasteiger charge is -2.44. The summed E-state index contributed by atoms with van der Waals surface area (Å²) < 4.78 is 0.801. The summed E-state index contributed by atoms with van der Waals surface area (Å²) >= 11 is 15.8. The minimum absolute atomic E-state index is 0.0285. The monoisotopic (exact) mass is 492 g/mol. The fourth-order valence-electron chi connectivity index (χ4n) is 4.36. The van der Waals surface area contributed by atoms with Gasteiger partial charge in [-0.05, 0) is 62.2 Å². The molecular weight excluding hydrogens is 475 g/mol. The van der Waals surface area contributed by atoms with E-state index in [-0.39, 0.29) is 11.9 Å². The number of rotatable bonds is 3. The number of imidazole rings is 1. The van der Waals surface area contributed by atoms with E-state index < -0.39 is 0 Å². The molecule has 8 heteroatoms. The van der Waals surface area contributed by atoms with Gasteiger partial charge in [-0.3, -0.25) is 4.79 Å². The van der Waals surface area contributed by atoms with E-state index in [4.69, 9.17) is 23.2 Å². The summed E-state index contributed by atoms with van der Waals surface area (Å²) in [5, 5.41) is 4.18. The Bertz CT molecular complexity index is 1070. The van der Waals surface area contributed by atoms with Crippen molar-refractivity contribution in [3.05, 3.63) is 50.4 Å². The standard InChI is InChI=1S/C21H19BrCl2N4O/c22-14-7-12(21(29)27-19-10-28-5-3-11(19)4-6-28)1-2-13(14)20-25-17-8-15(23)16(24)9-18(17)26-20/h1-2,7-9,11,19H,3-6,10H2,(H,25,26)(H,27,29). The summed E-state index contributed by atoms with van der Waals surface area (Å²) in [6.07, 6.45) is 2.35. The van der Waals surface area contributed by atoms with Crippen LogP contribution in [0.3, 0.4) is 0 Å². The molecule has 0 aliphatic carbocycles. The van der Waals surface area contributed by atoms with Crippen molar-refractivity contribution >= 4 is 56.1 Å². The molecule has 3 aliphatic heterocycles. The first-order valence-electron chi connectivity index (χ1n) is 9.66. The normalized spacial score (nSPS) is 23.5. The van der Waals surface area contributed by atoms with Gasteiger partial charge in [-0.1, -0.05) is 39.1 Å². The zero-order valence-electron chi connectivity index (χ0n) is 15.5. The third-order valence-electron chi connectivity index (χ3n) is 5.98. The second-order valence-corrected chi connectivity index (χ2v) is 9.45. The number of aromatic amines is 1. The maximum absolute atomic E-state index is 12.8. The fourth-order valence-corrected chi connectivity index (χ4v) is 5.25. The lowest BCUT2D eigenvalue weighted by atomic mass is 9.84. The largest absolute Gasteiger partial charge is 0.348 e. The number of aromatic nitrogens is 2. The van der Waals surface area contributed by atoms with Crippen LogP contribution in [0.2, 0.25) is 10.0 Å². The first-order chi connectivity index (χ1) is 14.0. The van der Waals surface area contributed by atoms with Gasteiger partial charge in [0, 0.05) is 28.2 Å². The Labute approximate surface area is 186 Å². The summed E-state index contributed by atoms with van der Waals surface area (Å²) in [7, 11) is 0. The Hall–Kier alpha value is -1.60. The molecule has 29 heavy (non-hydrogen) atoms. The number of H-pyrrole nitrogens is 1. The Morgan fingerprint density at radius 1 is 1.17 bits per heavy atom. The molecule has 0 saturated carbocycles. The molecule has 3 aromatic rings. The van der Waals surface area contributed by atoms with E-state index in [1.54, 1.807) is 12.1 Å². The van der Waals surface area contributed by atoms with Crippen molar-refractivity contribution in [1.29, 1.82) is 0 Å². The molecule has 6 rings (SSSR count). The molecule has 1 amide bonds. The average Bonchev–Trinajstić information content (AvgIpc) is 3.11. The first-order valence-corrected chi connectivity index (χ1v) is 11.2. The number of hydrogen-bond donors (Lipinski definition) is 2. The minimum Gasteiger partial charge on any atom is -0.348 e. The minimum atomic E-state index is -0.0285. The third kappa shape index (κ3) is 3.67. The van der Waals surface area contributed by atoms with Crippen LogP contribution in [0.25, 0.3) is 22.4 Å². The van der Waals surface area contributed by atoms with Crippen LogP contribution in [0.1, 0.15) is 23.2 Å². The molecule has 2 aromatic carbocycles. The van der Waals surface area contributed by atoms with Crippen molar-refractivity contribution in [3.8, 4) is 11.4 Å². The summed E-state index contributed by atoms with van der Waals surface area (Å²) in [5.74, 6) is 1.26. The van der Waals surface area contributed by atoms with Gasteiger partial charge >= 0.3 is 0 Å². The quantitative estimate of drug-likeness (QED) is 0.532. The van der Waals surface area contributed by atoms with Crippen LogP contribution in [0.4, 0.5) is 0 Å². The maximum Gasteiger partial charge on any atom is 0.251 e. The van der Waals surface area contributed by atoms with Crippen LogP contribution in [0, 0.1) is 5.92 Å². The summed E-state index contributed by atoms with van der Waals surface area (Å²) in [4.78, 5) is 23.1. The van der Waals surface area contributed by atoms with Gasteiger partial charge in [0.25, 0.3) is 5.91 Å². The number of amides is 1. The highest BCUT2D eigenvalue weighted by Gasteiger charge is 2.35. The van der Waals surface area contributed by atoms with E-state index >= 15 is 0 Å². The van der Waals surface area contributed by atoms with Crippen LogP contribution < -0.4 is 5.32 Å². The number of piperidine rings is 3. The molecule has 0 spiro atoms. The summed E-state index contributed by atoms with van der Waals surface area (Å²) in [6.45, 7) is 3.27. The van der Waals surface area contributed by atoms with Gasteiger partial charge in [0.1, 0.15) is 5.82 Å². The molecule has 2 N–H and O–H groups in total. The zero-order chi connectivity index (χ0) is 20.1. The molecule has 3 saturated heterocycles. The SMILES string of the molecule is O=C(NC1CN2CCC1CC2)c1ccc(-c2nc3cc(Cl)c(Cl)cc3[nH]2)c(Br)c1. The molecule has 1 aromatic heterocycles. The number of nitrogens with one attached hydrogen (secondary N) is 2. The van der Waals surface area contributed by atoms with Gasteiger partial charge in [0.2, 0.25) is 0 Å². The predicted octanol–water partition coefficient (Wildman–Crippen LogP) is 5.12. The van der Waals surface area contributed by atoms with E-state index in [9.17, 15) is 4.79 Å². The second-order valence-electron chi connectivity index (χ2n) is 7.78. The molecule has 5 nitrogen and oxygen atoms in total. The van der Waals surface area contributed by atoms with E-state index in [2.05, 4.69) is 36.1 Å². The van der Waals surface area contributed by atoms with Crippen molar-refractivity contribution in [1.82, 2.24) is 20.2 Å². The lowest BCUT2D eigenvalue weighted by Crippen LogP contribution is -2.57. The van der Waals surface area contributed by atoms with Crippen LogP contribution in [0.15, 0.2) is 34.8 Å². The number of benzene rings is 2. The van der Waals surface area contributed by atoms with Crippen molar-refractivity contribution in [2.45, 2.75) is 18.9 Å². The van der Waals surface area contributed by atoms with Crippen LogP contribution in [0.5, 0.6) is 0 Å². The van der Waals surface area contributed by atoms with Crippen LogP contribution in [-0.2, 0) is 0 Å². The average molecular weight is 494 g/mol. The Morgan fingerprint density at radius 3 is 2.62 bits per heavy atom. The van der Waals surface area contributed by atoms with Gasteiger partial charge in [-0.2, -0.15) is 0 Å². The third-order valence-corrected chi connectivity index (χ3v) is 7.36. The van der Waals surface area contributed by atoms with Gasteiger partial charge in [0.15, 0.2) is 0 Å². The predicted molar refractivity (Wildman–Crippen MR) is 120 cm³/mol. The highest BCUT2D eigenvalue weighted by molar-refractivity contribution is 9.10. The molecule has 3 aliphatic rings. The van der Waals surface area contributed by atoms with Crippen molar-refractivity contribution in [3.63, 3.8) is 0 Å². The number of fused-ring (bicyclic) bond motifs is 4. The van der Waals surface area contributed by atoms with Crippen LogP contribution in [-0.4, -0.2) is 46.5 Å². The van der Waals surface area contributed by atoms with Crippen molar-refractivity contribution < 1.29 is 4.79 Å². The fraction of sp³-hybridized carbons (Fsp3) is 0.333. The van der Waals surface area contributed by atoms with E-state index in [1.807, 2.05) is 18.2 Å². The molecule has 0 radical (unpaired) electrons. The van der Waals surface area contributed by atoms with Gasteiger partial charge < -0.3 is 15.2 Å². The number of hydrogen-bond acceptors (Lipinski definition) is 3. The topological polar surface area (TPSA) is 61.0 Å². The smallest absolute Gasteiger partial charge is 0.251 e. The Morgan fingerprint density at radius 2 is 1.93 bits per heavy atom. The molecule has 150 valence electrons. The van der Waals surface area contributed by atoms with Crippen LogP contribution >= 0.6 is 39.1 Å². The second kappa shape index (κ2) is 7.58. The van der Waals surface area contributed by atoms with Crippen molar-refractivity contribution in [2.24, 2.45) is 5.92 Å². The van der Waals surface area contributed by atoms with E-state index in [0.717, 1.165) is 40.7 Å². The van der Waals surface area contributed by atoms with E-state index in [1.165, 1.54) is 12.8 Å². The summed E-state index contributed by atoms with van der Waals surface area (Å²) in [6, 6.07) is 9.33. The van der Waals surface area contributed by atoms with Gasteiger partial charge in [0.05, 0.1) is 21.1 Å². The molecule has 4 heterocycles. The van der Waals surface area contributed by atoms with Gasteiger partial charge in [-0.15, -0.1) is 0 Å². The molecular formula is C21H19BrCl2N4O. The number of carbonyl (C=O) groups excluding carboxylic acids is 1. The highest BCUT2D eigenvalue weighted by atomic mass is 79.9. The summed E-state index contributed by atoms with van der Waals surface area (Å²) in [5.41, 5.74) is 3.06. The number of carbonyl (C=O) groups is 1. The van der Waals surface area contributed by atoms with Gasteiger partial charge in [-0.25, -0.2) is 4.98 Å². The maximum atomic E-state index is 12.8. The zero-order valence-corrected chi connectivity index (χ0v) is 18.6.